The SMILES string of the molecule is CC(C)N1CC(=O)N(CC2CCCCC2Cl)C(C2CCC(Cl)CC2)C1=O. The zero-order valence-electron chi connectivity index (χ0n) is 16.0. The lowest BCUT2D eigenvalue weighted by Gasteiger charge is -2.47. The Bertz CT molecular complexity index is 520. The summed E-state index contributed by atoms with van der Waals surface area (Å²) in [7, 11) is 0. The molecular formula is C20H32Cl2N2O2. The first-order valence-corrected chi connectivity index (χ1v) is 11.1. The first kappa shape index (κ1) is 20.3. The Labute approximate surface area is 167 Å². The number of hydrogen-bond donors (Lipinski definition) is 0. The van der Waals surface area contributed by atoms with Crippen molar-refractivity contribution in [1.29, 1.82) is 0 Å². The lowest BCUT2D eigenvalue weighted by atomic mass is 9.80. The van der Waals surface area contributed by atoms with E-state index < -0.39 is 0 Å². The summed E-state index contributed by atoms with van der Waals surface area (Å²) in [5.41, 5.74) is 0. The molecule has 0 aromatic heterocycles. The van der Waals surface area contributed by atoms with Crippen LogP contribution in [0.25, 0.3) is 0 Å². The van der Waals surface area contributed by atoms with Crippen molar-refractivity contribution in [1.82, 2.24) is 9.80 Å². The summed E-state index contributed by atoms with van der Waals surface area (Å²) in [4.78, 5) is 30.0. The van der Waals surface area contributed by atoms with Crippen LogP contribution in [0.2, 0.25) is 0 Å². The molecule has 26 heavy (non-hydrogen) atoms. The predicted molar refractivity (Wildman–Crippen MR) is 106 cm³/mol. The molecule has 3 rings (SSSR count). The van der Waals surface area contributed by atoms with E-state index in [1.807, 2.05) is 18.7 Å². The minimum absolute atomic E-state index is 0.0518. The highest BCUT2D eigenvalue weighted by Crippen LogP contribution is 2.36. The molecule has 2 aliphatic carbocycles. The van der Waals surface area contributed by atoms with Gasteiger partial charge in [0.1, 0.15) is 12.6 Å². The van der Waals surface area contributed by atoms with E-state index in [1.165, 1.54) is 12.8 Å². The summed E-state index contributed by atoms with van der Waals surface area (Å²) in [5, 5.41) is 0.329. The van der Waals surface area contributed by atoms with E-state index >= 15 is 0 Å². The number of carbonyl (C=O) groups is 2. The molecule has 0 aromatic carbocycles. The molecule has 3 fully saturated rings. The number of halogens is 2. The molecule has 0 N–H and O–H groups in total. The van der Waals surface area contributed by atoms with Crippen LogP contribution >= 0.6 is 23.2 Å². The van der Waals surface area contributed by atoms with Gasteiger partial charge in [-0.3, -0.25) is 9.59 Å². The fourth-order valence-corrected chi connectivity index (χ4v) is 5.51. The molecule has 4 nitrogen and oxygen atoms in total. The number of nitrogens with zero attached hydrogens (tertiary/aromatic N) is 2. The normalized spacial score (nSPS) is 36.7. The van der Waals surface area contributed by atoms with Crippen molar-refractivity contribution in [3.63, 3.8) is 0 Å². The van der Waals surface area contributed by atoms with E-state index in [0.29, 0.717) is 12.5 Å². The van der Waals surface area contributed by atoms with Gasteiger partial charge in [0.2, 0.25) is 11.8 Å². The van der Waals surface area contributed by atoms with Crippen molar-refractivity contribution in [2.45, 2.75) is 88.1 Å². The van der Waals surface area contributed by atoms with Gasteiger partial charge >= 0.3 is 0 Å². The van der Waals surface area contributed by atoms with Crippen LogP contribution in [-0.2, 0) is 9.59 Å². The highest BCUT2D eigenvalue weighted by atomic mass is 35.5. The third kappa shape index (κ3) is 4.32. The van der Waals surface area contributed by atoms with Crippen molar-refractivity contribution in [3.8, 4) is 0 Å². The van der Waals surface area contributed by atoms with Gasteiger partial charge in [-0.15, -0.1) is 23.2 Å². The summed E-state index contributed by atoms with van der Waals surface area (Å²) < 4.78 is 0. The maximum absolute atomic E-state index is 13.3. The predicted octanol–water partition coefficient (Wildman–Crippen LogP) is 4.03. The fraction of sp³-hybridized carbons (Fsp3) is 0.900. The Morgan fingerprint density at radius 1 is 1.00 bits per heavy atom. The summed E-state index contributed by atoms with van der Waals surface area (Å²) in [5.74, 6) is 0.741. The van der Waals surface area contributed by atoms with Crippen LogP contribution in [0, 0.1) is 11.8 Å². The molecule has 3 aliphatic rings. The molecule has 3 unspecified atom stereocenters. The molecule has 2 saturated carbocycles. The monoisotopic (exact) mass is 402 g/mol. The summed E-state index contributed by atoms with van der Waals surface area (Å²) >= 11 is 12.8. The van der Waals surface area contributed by atoms with Crippen LogP contribution in [0.3, 0.4) is 0 Å². The van der Waals surface area contributed by atoms with Crippen LogP contribution in [0.15, 0.2) is 0 Å². The van der Waals surface area contributed by atoms with Gasteiger partial charge in [-0.1, -0.05) is 12.8 Å². The standard InChI is InChI=1S/C20H32Cl2N2O2/c1-13(2)23-12-18(25)24(11-15-5-3-4-6-17(15)22)19(20(23)26)14-7-9-16(21)10-8-14/h13-17,19H,3-12H2,1-2H3. The largest absolute Gasteiger partial charge is 0.329 e. The number of carbonyl (C=O) groups excluding carboxylic acids is 2. The fourth-order valence-electron chi connectivity index (χ4n) is 4.90. The first-order chi connectivity index (χ1) is 12.4. The van der Waals surface area contributed by atoms with Crippen molar-refractivity contribution in [3.05, 3.63) is 0 Å². The lowest BCUT2D eigenvalue weighted by Crippen LogP contribution is -2.64. The Kier molecular flexibility index (Phi) is 6.77. The van der Waals surface area contributed by atoms with E-state index in [4.69, 9.17) is 23.2 Å². The average molecular weight is 403 g/mol. The van der Waals surface area contributed by atoms with Gasteiger partial charge in [0.15, 0.2) is 0 Å². The van der Waals surface area contributed by atoms with E-state index in [-0.39, 0.29) is 47.1 Å². The average Bonchev–Trinajstić information content (AvgIpc) is 2.60. The second-order valence-electron chi connectivity index (χ2n) is 8.62. The minimum atomic E-state index is -0.325. The van der Waals surface area contributed by atoms with Crippen LogP contribution in [0.4, 0.5) is 0 Å². The first-order valence-electron chi connectivity index (χ1n) is 10.3. The molecule has 148 valence electrons. The van der Waals surface area contributed by atoms with Gasteiger partial charge in [0.25, 0.3) is 0 Å². The maximum Gasteiger partial charge on any atom is 0.246 e. The molecule has 0 bridgehead atoms. The third-order valence-corrected chi connectivity index (χ3v) is 7.53. The molecule has 1 heterocycles. The van der Waals surface area contributed by atoms with Crippen LogP contribution in [0.5, 0.6) is 0 Å². The molecule has 0 radical (unpaired) electrons. The zero-order chi connectivity index (χ0) is 18.8. The van der Waals surface area contributed by atoms with Gasteiger partial charge in [0.05, 0.1) is 0 Å². The van der Waals surface area contributed by atoms with Gasteiger partial charge in [-0.25, -0.2) is 0 Å². The van der Waals surface area contributed by atoms with E-state index in [1.54, 1.807) is 4.90 Å². The Morgan fingerprint density at radius 2 is 1.65 bits per heavy atom. The molecule has 0 spiro atoms. The van der Waals surface area contributed by atoms with Crippen LogP contribution in [0.1, 0.15) is 65.2 Å². The molecule has 0 aromatic rings. The second-order valence-corrected chi connectivity index (χ2v) is 9.80. The highest BCUT2D eigenvalue weighted by molar-refractivity contribution is 6.21. The third-order valence-electron chi connectivity index (χ3n) is 6.52. The van der Waals surface area contributed by atoms with Gasteiger partial charge < -0.3 is 9.80 Å². The Morgan fingerprint density at radius 3 is 2.27 bits per heavy atom. The van der Waals surface area contributed by atoms with Crippen molar-refractivity contribution in [2.75, 3.05) is 13.1 Å². The van der Waals surface area contributed by atoms with Crippen molar-refractivity contribution < 1.29 is 9.59 Å². The van der Waals surface area contributed by atoms with Crippen molar-refractivity contribution >= 4 is 35.0 Å². The van der Waals surface area contributed by atoms with E-state index in [0.717, 1.165) is 38.5 Å². The number of amides is 2. The van der Waals surface area contributed by atoms with Crippen LogP contribution in [-0.4, -0.2) is 57.5 Å². The maximum atomic E-state index is 13.3. The molecule has 6 heteroatoms. The smallest absolute Gasteiger partial charge is 0.246 e. The summed E-state index contributed by atoms with van der Waals surface area (Å²) in [6.07, 6.45) is 8.13. The van der Waals surface area contributed by atoms with Gasteiger partial charge in [0, 0.05) is 23.3 Å². The van der Waals surface area contributed by atoms with Gasteiger partial charge in [-0.2, -0.15) is 0 Å². The lowest BCUT2D eigenvalue weighted by molar-refractivity contribution is -0.161. The van der Waals surface area contributed by atoms with E-state index in [2.05, 4.69) is 0 Å². The molecule has 1 saturated heterocycles. The Hall–Kier alpha value is -0.480. The quantitative estimate of drug-likeness (QED) is 0.665. The Balaban J connectivity index is 1.81. The number of hydrogen-bond acceptors (Lipinski definition) is 2. The number of rotatable bonds is 4. The van der Waals surface area contributed by atoms with Crippen LogP contribution < -0.4 is 0 Å². The highest BCUT2D eigenvalue weighted by Gasteiger charge is 2.46. The topological polar surface area (TPSA) is 40.6 Å². The minimum Gasteiger partial charge on any atom is -0.329 e. The molecule has 3 atom stereocenters. The second kappa shape index (κ2) is 8.68. The summed E-state index contributed by atoms with van der Waals surface area (Å²) in [6.45, 7) is 4.82. The zero-order valence-corrected chi connectivity index (χ0v) is 17.5. The number of alkyl halides is 2. The number of piperazine rings is 1. The summed E-state index contributed by atoms with van der Waals surface area (Å²) in [6, 6.07) is -0.274. The van der Waals surface area contributed by atoms with Gasteiger partial charge in [-0.05, 0) is 64.2 Å². The van der Waals surface area contributed by atoms with E-state index in [9.17, 15) is 9.59 Å². The molecule has 2 amide bonds. The molecular weight excluding hydrogens is 371 g/mol. The molecule has 1 aliphatic heterocycles. The van der Waals surface area contributed by atoms with Crippen molar-refractivity contribution in [2.24, 2.45) is 11.8 Å².